The Morgan fingerprint density at radius 3 is 2.80 bits per heavy atom. The van der Waals surface area contributed by atoms with E-state index in [4.69, 9.17) is 4.74 Å². The summed E-state index contributed by atoms with van der Waals surface area (Å²) in [6.07, 6.45) is 3.70. The summed E-state index contributed by atoms with van der Waals surface area (Å²) in [5.74, 6) is 0.417. The minimum Gasteiger partial charge on any atom is -0.492 e. The van der Waals surface area contributed by atoms with Crippen molar-refractivity contribution < 1.29 is 9.26 Å². The van der Waals surface area contributed by atoms with E-state index in [-0.39, 0.29) is 0 Å². The van der Waals surface area contributed by atoms with Crippen LogP contribution in [-0.4, -0.2) is 47.3 Å². The summed E-state index contributed by atoms with van der Waals surface area (Å²) in [5, 5.41) is 3.57. The van der Waals surface area contributed by atoms with Crippen LogP contribution in [0, 0.1) is 0 Å². The Hall–Kier alpha value is -2.15. The summed E-state index contributed by atoms with van der Waals surface area (Å²) < 4.78 is 10.0. The Morgan fingerprint density at radius 2 is 2.20 bits per heavy atom. The third-order valence-electron chi connectivity index (χ3n) is 2.69. The van der Waals surface area contributed by atoms with E-state index in [9.17, 15) is 4.79 Å². The average molecular weight is 278 g/mol. The van der Waals surface area contributed by atoms with Crippen LogP contribution in [0.5, 0.6) is 5.75 Å². The topological polar surface area (TPSA) is 84.2 Å². The van der Waals surface area contributed by atoms with Gasteiger partial charge in [0, 0.05) is 0 Å². The van der Waals surface area contributed by atoms with Crippen molar-refractivity contribution in [1.29, 1.82) is 0 Å². The molecule has 0 aromatic carbocycles. The second-order valence-electron chi connectivity index (χ2n) is 4.68. The van der Waals surface area contributed by atoms with Crippen LogP contribution in [-0.2, 0) is 0 Å². The van der Waals surface area contributed by atoms with Gasteiger partial charge in [-0.2, -0.15) is 0 Å². The van der Waals surface area contributed by atoms with Gasteiger partial charge in [0.15, 0.2) is 0 Å². The molecule has 0 fully saturated rings. The number of aromatic nitrogens is 3. The molecule has 0 aliphatic carbocycles. The van der Waals surface area contributed by atoms with Crippen molar-refractivity contribution in [2.75, 3.05) is 27.2 Å². The number of ether oxygens (including phenoxy) is 1. The van der Waals surface area contributed by atoms with Crippen molar-refractivity contribution in [3.8, 4) is 17.3 Å². The number of rotatable bonds is 7. The molecule has 0 atom stereocenters. The second-order valence-corrected chi connectivity index (χ2v) is 4.68. The van der Waals surface area contributed by atoms with Gasteiger partial charge in [0.05, 0.1) is 12.8 Å². The fourth-order valence-electron chi connectivity index (χ4n) is 1.67. The Bertz CT molecular complexity index is 574. The largest absolute Gasteiger partial charge is 0.492 e. The molecular weight excluding hydrogens is 260 g/mol. The third kappa shape index (κ3) is 4.20. The normalized spacial score (nSPS) is 10.9. The number of hydrogen-bond acceptors (Lipinski definition) is 6. The lowest BCUT2D eigenvalue weighted by Crippen LogP contribution is -2.13. The Morgan fingerprint density at radius 1 is 1.35 bits per heavy atom. The van der Waals surface area contributed by atoms with E-state index in [0.717, 1.165) is 19.4 Å². The highest BCUT2D eigenvalue weighted by Gasteiger charge is 2.05. The molecule has 0 saturated carbocycles. The molecule has 2 aromatic heterocycles. The molecule has 0 bridgehead atoms. The van der Waals surface area contributed by atoms with E-state index < -0.39 is 5.76 Å². The van der Waals surface area contributed by atoms with Crippen LogP contribution in [0.2, 0.25) is 0 Å². The monoisotopic (exact) mass is 278 g/mol. The minimum absolute atomic E-state index is 0.313. The van der Waals surface area contributed by atoms with Crippen LogP contribution >= 0.6 is 0 Å². The molecule has 0 saturated heterocycles. The first kappa shape index (κ1) is 14.3. The van der Waals surface area contributed by atoms with Gasteiger partial charge in [0.2, 0.25) is 5.82 Å². The smallest absolute Gasteiger partial charge is 0.439 e. The maximum absolute atomic E-state index is 10.8. The zero-order valence-electron chi connectivity index (χ0n) is 11.6. The van der Waals surface area contributed by atoms with Crippen molar-refractivity contribution in [2.24, 2.45) is 0 Å². The van der Waals surface area contributed by atoms with E-state index in [1.165, 1.54) is 0 Å². The highest BCUT2D eigenvalue weighted by molar-refractivity contribution is 5.48. The van der Waals surface area contributed by atoms with Gasteiger partial charge in [0.1, 0.15) is 11.4 Å². The van der Waals surface area contributed by atoms with Gasteiger partial charge in [-0.25, -0.2) is 9.78 Å². The number of nitrogens with one attached hydrogen (secondary N) is 1. The molecule has 7 heteroatoms. The van der Waals surface area contributed by atoms with Crippen LogP contribution in [0.3, 0.4) is 0 Å². The fraction of sp³-hybridized carbons (Fsp3) is 0.462. The predicted molar refractivity (Wildman–Crippen MR) is 73.6 cm³/mol. The first-order valence-electron chi connectivity index (χ1n) is 6.45. The molecule has 0 aliphatic rings. The van der Waals surface area contributed by atoms with Crippen molar-refractivity contribution in [2.45, 2.75) is 12.8 Å². The Kier molecular flexibility index (Phi) is 4.89. The quantitative estimate of drug-likeness (QED) is 0.765. The number of aromatic amines is 1. The molecule has 0 radical (unpaired) electrons. The maximum Gasteiger partial charge on any atom is 0.439 e. The summed E-state index contributed by atoms with van der Waals surface area (Å²) in [6.45, 7) is 1.72. The van der Waals surface area contributed by atoms with E-state index >= 15 is 0 Å². The maximum atomic E-state index is 10.8. The lowest BCUT2D eigenvalue weighted by atomic mass is 10.3. The average Bonchev–Trinajstić information content (AvgIpc) is 2.85. The molecule has 1 N–H and O–H groups in total. The van der Waals surface area contributed by atoms with Gasteiger partial charge in [-0.1, -0.05) is 5.16 Å². The van der Waals surface area contributed by atoms with Gasteiger partial charge < -0.3 is 9.64 Å². The van der Waals surface area contributed by atoms with Crippen LogP contribution in [0.1, 0.15) is 12.8 Å². The van der Waals surface area contributed by atoms with Crippen molar-refractivity contribution in [3.63, 3.8) is 0 Å². The van der Waals surface area contributed by atoms with Gasteiger partial charge in [-0.3, -0.25) is 9.51 Å². The van der Waals surface area contributed by atoms with Gasteiger partial charge in [0.25, 0.3) is 0 Å². The van der Waals surface area contributed by atoms with Gasteiger partial charge in [-0.15, -0.1) is 0 Å². The van der Waals surface area contributed by atoms with Crippen LogP contribution in [0.15, 0.2) is 27.6 Å². The van der Waals surface area contributed by atoms with Gasteiger partial charge in [-0.05, 0) is 45.6 Å². The van der Waals surface area contributed by atoms with E-state index in [1.54, 1.807) is 18.3 Å². The number of H-pyrrole nitrogens is 1. The van der Waals surface area contributed by atoms with Crippen molar-refractivity contribution >= 4 is 0 Å². The first-order chi connectivity index (χ1) is 9.65. The van der Waals surface area contributed by atoms with Crippen LogP contribution in [0.4, 0.5) is 0 Å². The lowest BCUT2D eigenvalue weighted by Gasteiger charge is -2.09. The first-order valence-corrected chi connectivity index (χ1v) is 6.45. The second kappa shape index (κ2) is 6.85. The molecule has 0 unspecified atom stereocenters. The van der Waals surface area contributed by atoms with E-state index in [1.807, 2.05) is 0 Å². The highest BCUT2D eigenvalue weighted by Crippen LogP contribution is 2.15. The number of hydrogen-bond donors (Lipinski definition) is 1. The number of pyridine rings is 1. The summed E-state index contributed by atoms with van der Waals surface area (Å²) in [7, 11) is 4.11. The zero-order valence-corrected chi connectivity index (χ0v) is 11.6. The number of nitrogens with zero attached hydrogens (tertiary/aromatic N) is 3. The molecule has 2 aromatic rings. The molecule has 7 nitrogen and oxygen atoms in total. The van der Waals surface area contributed by atoms with E-state index in [0.29, 0.717) is 23.9 Å². The molecule has 20 heavy (non-hydrogen) atoms. The molecular formula is C13H18N4O3. The van der Waals surface area contributed by atoms with E-state index in [2.05, 4.69) is 38.6 Å². The zero-order chi connectivity index (χ0) is 14.4. The molecule has 0 amide bonds. The molecule has 108 valence electrons. The summed E-state index contributed by atoms with van der Waals surface area (Å²) in [5.41, 5.74) is 0.538. The van der Waals surface area contributed by atoms with Crippen LogP contribution < -0.4 is 10.5 Å². The standard InChI is InChI=1S/C13H18N4O3/c1-17(2)7-3-4-8-19-10-5-6-11(14-9-10)12-15-13(18)20-16-12/h5-6,9H,3-4,7-8H2,1-2H3,(H,15,16,18). The van der Waals surface area contributed by atoms with Crippen molar-refractivity contribution in [3.05, 3.63) is 28.9 Å². The highest BCUT2D eigenvalue weighted by atomic mass is 16.5. The summed E-state index contributed by atoms with van der Waals surface area (Å²) in [4.78, 5) is 19.6. The third-order valence-corrected chi connectivity index (χ3v) is 2.69. The van der Waals surface area contributed by atoms with Crippen LogP contribution in [0.25, 0.3) is 11.5 Å². The molecule has 2 heterocycles. The summed E-state index contributed by atoms with van der Waals surface area (Å²) in [6, 6.07) is 3.52. The molecule has 0 spiro atoms. The predicted octanol–water partition coefficient (Wildman–Crippen LogP) is 1.15. The number of unbranched alkanes of at least 4 members (excludes halogenated alkanes) is 1. The Balaban J connectivity index is 1.81. The fourth-order valence-corrected chi connectivity index (χ4v) is 1.67. The summed E-state index contributed by atoms with van der Waals surface area (Å²) >= 11 is 0. The lowest BCUT2D eigenvalue weighted by molar-refractivity contribution is 0.292. The molecule has 0 aliphatic heterocycles. The van der Waals surface area contributed by atoms with Crippen molar-refractivity contribution in [1.82, 2.24) is 20.0 Å². The minimum atomic E-state index is -0.594. The van der Waals surface area contributed by atoms with Gasteiger partial charge >= 0.3 is 5.76 Å². The molecule has 2 rings (SSSR count). The Labute approximate surface area is 116 Å². The SMILES string of the molecule is CN(C)CCCCOc1ccc(-c2noc(=O)[nH]2)nc1.